The zero-order chi connectivity index (χ0) is 44.5. The quantitative estimate of drug-likeness (QED) is 0.0322. The van der Waals surface area contributed by atoms with Crippen molar-refractivity contribution in [3.8, 4) is 0 Å². The topological polar surface area (TPSA) is 95.9 Å². The predicted octanol–water partition coefficient (Wildman–Crippen LogP) is 16.3. The minimum atomic E-state index is -0.789. The van der Waals surface area contributed by atoms with E-state index in [1.165, 1.54) is 173 Å². The Labute approximate surface area is 380 Å². The zero-order valence-corrected chi connectivity index (χ0v) is 41.1. The van der Waals surface area contributed by atoms with Crippen LogP contribution in [0.2, 0.25) is 0 Å². The first-order chi connectivity index (χ1) is 30.0. The van der Waals surface area contributed by atoms with Crippen LogP contribution >= 0.6 is 0 Å². The minimum Gasteiger partial charge on any atom is -0.462 e. The van der Waals surface area contributed by atoms with Gasteiger partial charge in [0.1, 0.15) is 6.10 Å². The van der Waals surface area contributed by atoms with E-state index >= 15 is 0 Å². The van der Waals surface area contributed by atoms with Gasteiger partial charge in [-0.2, -0.15) is 0 Å². The number of carbonyl (C=O) groups excluding carboxylic acids is 2. The molecular weight excluding hydrogens is 755 g/mol. The molecule has 6 nitrogen and oxygen atoms in total. The highest BCUT2D eigenvalue weighted by Gasteiger charge is 2.24. The smallest absolute Gasteiger partial charge is 0.306 e. The van der Waals surface area contributed by atoms with Crippen LogP contribution in [-0.4, -0.2) is 46.9 Å². The number of hydrogen-bond acceptors (Lipinski definition) is 5. The first-order valence-electron chi connectivity index (χ1n) is 27.1. The van der Waals surface area contributed by atoms with Crippen molar-refractivity contribution < 1.29 is 24.5 Å². The summed E-state index contributed by atoms with van der Waals surface area (Å²) in [7, 11) is 0. The van der Waals surface area contributed by atoms with E-state index in [-0.39, 0.29) is 24.9 Å². The summed E-state index contributed by atoms with van der Waals surface area (Å²) >= 11 is 0. The van der Waals surface area contributed by atoms with Crippen molar-refractivity contribution in [1.29, 1.82) is 0 Å². The number of esters is 1. The summed E-state index contributed by atoms with van der Waals surface area (Å²) in [4.78, 5) is 26.1. The molecule has 0 fully saturated rings. The van der Waals surface area contributed by atoms with Crippen LogP contribution in [0.3, 0.4) is 0 Å². The second-order valence-corrected chi connectivity index (χ2v) is 18.7. The molecule has 0 spiro atoms. The maximum atomic E-state index is 13.2. The number of ether oxygens (including phenoxy) is 1. The lowest BCUT2D eigenvalue weighted by Crippen LogP contribution is -2.46. The molecule has 0 aromatic heterocycles. The molecule has 3 N–H and O–H groups in total. The summed E-state index contributed by atoms with van der Waals surface area (Å²) in [5, 5.41) is 23.8. The average Bonchev–Trinajstić information content (AvgIpc) is 3.25. The van der Waals surface area contributed by atoms with E-state index in [1.54, 1.807) is 0 Å². The number of carbonyl (C=O) groups is 2. The van der Waals surface area contributed by atoms with Gasteiger partial charge in [-0.3, -0.25) is 9.59 Å². The van der Waals surface area contributed by atoms with E-state index in [4.69, 9.17) is 4.74 Å². The van der Waals surface area contributed by atoms with E-state index < -0.39 is 18.2 Å². The van der Waals surface area contributed by atoms with E-state index in [0.717, 1.165) is 70.6 Å². The number of aliphatic hydroxyl groups excluding tert-OH is 2. The second-order valence-electron chi connectivity index (χ2n) is 18.7. The lowest BCUT2D eigenvalue weighted by molar-refractivity contribution is -0.151. The van der Waals surface area contributed by atoms with Crippen molar-refractivity contribution in [3.63, 3.8) is 0 Å². The molecule has 0 aliphatic rings. The third kappa shape index (κ3) is 44.7. The minimum absolute atomic E-state index is 0.0693. The third-order valence-electron chi connectivity index (χ3n) is 12.6. The Kier molecular flexibility index (Phi) is 48.0. The summed E-state index contributed by atoms with van der Waals surface area (Å²) in [6.45, 7) is 6.47. The molecule has 0 saturated heterocycles. The number of aliphatic hydroxyl groups is 2. The first-order valence-corrected chi connectivity index (χ1v) is 27.1. The summed E-state index contributed by atoms with van der Waals surface area (Å²) in [6, 6.07) is -0.704. The molecule has 0 bridgehead atoms. The van der Waals surface area contributed by atoms with Gasteiger partial charge in [-0.25, -0.2) is 0 Å². The summed E-state index contributed by atoms with van der Waals surface area (Å²) < 4.78 is 5.93. The van der Waals surface area contributed by atoms with Crippen molar-refractivity contribution in [2.24, 2.45) is 0 Å². The van der Waals surface area contributed by atoms with Gasteiger partial charge in [-0.1, -0.05) is 251 Å². The highest BCUT2D eigenvalue weighted by Crippen LogP contribution is 2.18. The van der Waals surface area contributed by atoms with E-state index in [2.05, 4.69) is 50.4 Å². The van der Waals surface area contributed by atoms with Gasteiger partial charge >= 0.3 is 5.97 Å². The van der Waals surface area contributed by atoms with Gasteiger partial charge in [-0.15, -0.1) is 0 Å². The molecular formula is C55H105NO5. The fourth-order valence-electron chi connectivity index (χ4n) is 8.42. The summed E-state index contributed by atoms with van der Waals surface area (Å²) in [6.07, 6.45) is 56.7. The Morgan fingerprint density at radius 1 is 0.475 bits per heavy atom. The van der Waals surface area contributed by atoms with Gasteiger partial charge in [0.2, 0.25) is 5.91 Å². The van der Waals surface area contributed by atoms with Crippen LogP contribution < -0.4 is 5.32 Å². The van der Waals surface area contributed by atoms with Crippen LogP contribution in [0.4, 0.5) is 0 Å². The lowest BCUT2D eigenvalue weighted by atomic mass is 10.0. The molecule has 1 amide bonds. The van der Waals surface area contributed by atoms with Gasteiger partial charge < -0.3 is 20.3 Å². The monoisotopic (exact) mass is 860 g/mol. The molecule has 3 atom stereocenters. The van der Waals surface area contributed by atoms with E-state index in [9.17, 15) is 19.8 Å². The van der Waals surface area contributed by atoms with Crippen molar-refractivity contribution in [2.45, 2.75) is 309 Å². The SMILES string of the molecule is CCCCC/C=C/C=C/CCCCCCC(CC(=O)NC(CO)C(O)CCCCCCCCCCCCCCCCCCC)OC(=O)CCCCCCCCCCCCCC. The maximum absolute atomic E-state index is 13.2. The number of unbranched alkanes of at least 4 members (excludes halogenated alkanes) is 34. The molecule has 0 radical (unpaired) electrons. The number of nitrogens with one attached hydrogen (secondary N) is 1. The predicted molar refractivity (Wildman–Crippen MR) is 264 cm³/mol. The highest BCUT2D eigenvalue weighted by molar-refractivity contribution is 5.77. The average molecular weight is 860 g/mol. The van der Waals surface area contributed by atoms with E-state index in [1.807, 2.05) is 0 Å². The van der Waals surface area contributed by atoms with Gasteiger partial charge in [0.05, 0.1) is 25.2 Å². The Bertz CT molecular complexity index is 966. The maximum Gasteiger partial charge on any atom is 0.306 e. The summed E-state index contributed by atoms with van der Waals surface area (Å²) in [5.41, 5.74) is 0. The first kappa shape index (κ1) is 59.3. The molecule has 61 heavy (non-hydrogen) atoms. The molecule has 0 saturated carbocycles. The Balaban J connectivity index is 4.50. The molecule has 6 heteroatoms. The fraction of sp³-hybridized carbons (Fsp3) is 0.891. The molecule has 0 aliphatic heterocycles. The molecule has 0 aromatic carbocycles. The number of allylic oxidation sites excluding steroid dienone is 4. The Hall–Kier alpha value is -1.66. The Morgan fingerprint density at radius 3 is 1.25 bits per heavy atom. The van der Waals surface area contributed by atoms with Crippen LogP contribution in [0, 0.1) is 0 Å². The second kappa shape index (κ2) is 49.4. The van der Waals surface area contributed by atoms with Gasteiger partial charge in [0, 0.05) is 6.42 Å². The van der Waals surface area contributed by atoms with Crippen molar-refractivity contribution in [2.75, 3.05) is 6.61 Å². The zero-order valence-electron chi connectivity index (χ0n) is 41.1. The van der Waals surface area contributed by atoms with Crippen molar-refractivity contribution in [3.05, 3.63) is 24.3 Å². The van der Waals surface area contributed by atoms with Crippen LogP contribution in [0.25, 0.3) is 0 Å². The van der Waals surface area contributed by atoms with Crippen molar-refractivity contribution in [1.82, 2.24) is 5.32 Å². The molecule has 0 aliphatic carbocycles. The third-order valence-corrected chi connectivity index (χ3v) is 12.6. The molecule has 0 heterocycles. The molecule has 0 rings (SSSR count). The summed E-state index contributed by atoms with van der Waals surface area (Å²) in [5.74, 6) is -0.480. The number of rotatable bonds is 49. The van der Waals surface area contributed by atoms with Crippen molar-refractivity contribution >= 4 is 11.9 Å². The van der Waals surface area contributed by atoms with Gasteiger partial charge in [0.15, 0.2) is 0 Å². The highest BCUT2D eigenvalue weighted by atomic mass is 16.5. The lowest BCUT2D eigenvalue weighted by Gasteiger charge is -2.24. The Morgan fingerprint density at radius 2 is 0.820 bits per heavy atom. The van der Waals surface area contributed by atoms with Crippen LogP contribution in [0.15, 0.2) is 24.3 Å². The van der Waals surface area contributed by atoms with Crippen LogP contribution in [0.1, 0.15) is 290 Å². The van der Waals surface area contributed by atoms with Gasteiger partial charge in [-0.05, 0) is 51.4 Å². The number of amides is 1. The fourth-order valence-corrected chi connectivity index (χ4v) is 8.42. The van der Waals surface area contributed by atoms with Crippen LogP contribution in [0.5, 0.6) is 0 Å². The molecule has 3 unspecified atom stereocenters. The van der Waals surface area contributed by atoms with Gasteiger partial charge in [0.25, 0.3) is 0 Å². The van der Waals surface area contributed by atoms with Crippen LogP contribution in [-0.2, 0) is 14.3 Å². The number of hydrogen-bond donors (Lipinski definition) is 3. The van der Waals surface area contributed by atoms with E-state index in [0.29, 0.717) is 19.3 Å². The largest absolute Gasteiger partial charge is 0.462 e. The standard InChI is InChI=1S/C55H105NO5/c1-4-7-10-13-16-19-22-25-26-27-28-30-32-35-38-41-44-47-53(58)52(50-57)56-54(59)49-51(46-43-40-37-34-31-29-23-20-17-14-11-8-5-2)61-55(60)48-45-42-39-36-33-24-21-18-15-12-9-6-3/h17,20,23,29,51-53,57-58H,4-16,18-19,21-22,24-28,30-50H2,1-3H3,(H,56,59)/b20-17+,29-23+. The molecule has 0 aromatic rings. The molecule has 360 valence electrons. The normalized spacial score (nSPS) is 13.3.